The van der Waals surface area contributed by atoms with Crippen LogP contribution in [-0.4, -0.2) is 24.2 Å². The van der Waals surface area contributed by atoms with Crippen molar-refractivity contribution in [1.29, 1.82) is 0 Å². The standard InChI is InChI=1S/C13H17FN2O2/c14-11-4-2-1-3-10(11)12(17)8-16-13(18)15-7-9-5-6-9/h1-4,9,12,17H,5-8H2,(H2,15,16,18). The minimum absolute atomic E-state index is 0.00255. The van der Waals surface area contributed by atoms with E-state index in [2.05, 4.69) is 10.6 Å². The highest BCUT2D eigenvalue weighted by molar-refractivity contribution is 5.73. The lowest BCUT2D eigenvalue weighted by molar-refractivity contribution is 0.169. The number of hydrogen-bond acceptors (Lipinski definition) is 2. The summed E-state index contributed by atoms with van der Waals surface area (Å²) >= 11 is 0. The van der Waals surface area contributed by atoms with Gasteiger partial charge in [-0.05, 0) is 24.8 Å². The third-order valence-corrected chi connectivity index (χ3v) is 2.97. The van der Waals surface area contributed by atoms with Crippen molar-refractivity contribution in [3.05, 3.63) is 35.6 Å². The Morgan fingerprint density at radius 3 is 2.78 bits per heavy atom. The predicted molar refractivity (Wildman–Crippen MR) is 65.5 cm³/mol. The largest absolute Gasteiger partial charge is 0.386 e. The average Bonchev–Trinajstić information content (AvgIpc) is 3.18. The van der Waals surface area contributed by atoms with Crippen LogP contribution >= 0.6 is 0 Å². The molecule has 0 bridgehead atoms. The molecule has 2 rings (SSSR count). The molecule has 98 valence electrons. The molecule has 4 nitrogen and oxygen atoms in total. The third-order valence-electron chi connectivity index (χ3n) is 2.97. The molecule has 5 heteroatoms. The molecule has 1 fully saturated rings. The van der Waals surface area contributed by atoms with Crippen LogP contribution in [0.2, 0.25) is 0 Å². The van der Waals surface area contributed by atoms with E-state index in [1.807, 2.05) is 0 Å². The number of carbonyl (C=O) groups is 1. The normalized spacial score (nSPS) is 16.1. The first-order valence-electron chi connectivity index (χ1n) is 6.11. The second-order valence-electron chi connectivity index (χ2n) is 4.57. The molecule has 0 aromatic heterocycles. The summed E-state index contributed by atoms with van der Waals surface area (Å²) in [5, 5.41) is 15.0. The first-order valence-corrected chi connectivity index (χ1v) is 6.11. The van der Waals surface area contributed by atoms with Gasteiger partial charge in [-0.3, -0.25) is 0 Å². The van der Waals surface area contributed by atoms with Crippen LogP contribution in [-0.2, 0) is 0 Å². The highest BCUT2D eigenvalue weighted by Gasteiger charge is 2.21. The number of rotatable bonds is 5. The van der Waals surface area contributed by atoms with E-state index < -0.39 is 11.9 Å². The molecule has 1 aliphatic rings. The zero-order valence-electron chi connectivity index (χ0n) is 10.0. The highest BCUT2D eigenvalue weighted by atomic mass is 19.1. The topological polar surface area (TPSA) is 61.4 Å². The number of carbonyl (C=O) groups excluding carboxylic acids is 1. The fraction of sp³-hybridized carbons (Fsp3) is 0.462. The van der Waals surface area contributed by atoms with Crippen molar-refractivity contribution < 1.29 is 14.3 Å². The molecule has 1 aromatic rings. The Labute approximate surface area is 105 Å². The van der Waals surface area contributed by atoms with Gasteiger partial charge in [0.2, 0.25) is 0 Å². The lowest BCUT2D eigenvalue weighted by Crippen LogP contribution is -2.38. The predicted octanol–water partition coefficient (Wildman–Crippen LogP) is 1.57. The Morgan fingerprint density at radius 1 is 1.39 bits per heavy atom. The Morgan fingerprint density at radius 2 is 2.11 bits per heavy atom. The molecular formula is C13H17FN2O2. The second kappa shape index (κ2) is 5.82. The number of nitrogens with one attached hydrogen (secondary N) is 2. The van der Waals surface area contributed by atoms with Crippen molar-refractivity contribution >= 4 is 6.03 Å². The SMILES string of the molecule is O=C(NCC1CC1)NCC(O)c1ccccc1F. The van der Waals surface area contributed by atoms with Crippen molar-refractivity contribution in [2.75, 3.05) is 13.1 Å². The van der Waals surface area contributed by atoms with Gasteiger partial charge in [0.15, 0.2) is 0 Å². The quantitative estimate of drug-likeness (QED) is 0.745. The maximum absolute atomic E-state index is 13.3. The summed E-state index contributed by atoms with van der Waals surface area (Å²) in [6, 6.07) is 5.67. The van der Waals surface area contributed by atoms with Crippen LogP contribution in [0.5, 0.6) is 0 Å². The van der Waals surface area contributed by atoms with Crippen LogP contribution in [0, 0.1) is 11.7 Å². The molecular weight excluding hydrogens is 235 g/mol. The van der Waals surface area contributed by atoms with Crippen molar-refractivity contribution in [2.24, 2.45) is 5.92 Å². The van der Waals surface area contributed by atoms with Gasteiger partial charge in [0, 0.05) is 18.7 Å². The molecule has 0 aliphatic heterocycles. The molecule has 1 unspecified atom stereocenters. The number of amides is 2. The monoisotopic (exact) mass is 252 g/mol. The van der Waals surface area contributed by atoms with E-state index in [0.29, 0.717) is 12.5 Å². The molecule has 0 spiro atoms. The van der Waals surface area contributed by atoms with E-state index in [0.717, 1.165) is 12.8 Å². The molecule has 1 aliphatic carbocycles. The molecule has 1 aromatic carbocycles. The van der Waals surface area contributed by atoms with Gasteiger partial charge >= 0.3 is 6.03 Å². The molecule has 1 saturated carbocycles. The zero-order valence-corrected chi connectivity index (χ0v) is 10.0. The number of aliphatic hydroxyl groups excluding tert-OH is 1. The number of hydrogen-bond donors (Lipinski definition) is 3. The fourth-order valence-corrected chi connectivity index (χ4v) is 1.67. The number of aliphatic hydroxyl groups is 1. The summed E-state index contributed by atoms with van der Waals surface area (Å²) in [5.74, 6) is 0.137. The summed E-state index contributed by atoms with van der Waals surface area (Å²) in [7, 11) is 0. The van der Waals surface area contributed by atoms with Crippen LogP contribution in [0.1, 0.15) is 24.5 Å². The molecule has 3 N–H and O–H groups in total. The van der Waals surface area contributed by atoms with Gasteiger partial charge in [-0.15, -0.1) is 0 Å². The van der Waals surface area contributed by atoms with Crippen LogP contribution in [0.25, 0.3) is 0 Å². The summed E-state index contributed by atoms with van der Waals surface area (Å²) in [5.41, 5.74) is 0.194. The van der Waals surface area contributed by atoms with Gasteiger partial charge in [0.25, 0.3) is 0 Å². The van der Waals surface area contributed by atoms with Crippen molar-refractivity contribution in [2.45, 2.75) is 18.9 Å². The Kier molecular flexibility index (Phi) is 4.15. The van der Waals surface area contributed by atoms with Gasteiger partial charge in [0.1, 0.15) is 5.82 Å². The van der Waals surface area contributed by atoms with Gasteiger partial charge in [-0.25, -0.2) is 9.18 Å². The summed E-state index contributed by atoms with van der Waals surface area (Å²) in [6.07, 6.45) is 1.30. The van der Waals surface area contributed by atoms with E-state index in [9.17, 15) is 14.3 Å². The molecule has 18 heavy (non-hydrogen) atoms. The van der Waals surface area contributed by atoms with Crippen molar-refractivity contribution in [3.8, 4) is 0 Å². The van der Waals surface area contributed by atoms with Crippen molar-refractivity contribution in [1.82, 2.24) is 10.6 Å². The average molecular weight is 252 g/mol. The Hall–Kier alpha value is -1.62. The van der Waals surface area contributed by atoms with Gasteiger partial charge in [-0.1, -0.05) is 18.2 Å². The van der Waals surface area contributed by atoms with E-state index in [4.69, 9.17) is 0 Å². The van der Waals surface area contributed by atoms with Crippen LogP contribution in [0.4, 0.5) is 9.18 Å². The summed E-state index contributed by atoms with van der Waals surface area (Å²) in [4.78, 5) is 11.4. The van der Waals surface area contributed by atoms with Gasteiger partial charge in [-0.2, -0.15) is 0 Å². The summed E-state index contributed by atoms with van der Waals surface area (Å²) in [6.45, 7) is 0.666. The number of urea groups is 1. The lowest BCUT2D eigenvalue weighted by Gasteiger charge is -2.13. The number of benzene rings is 1. The van der Waals surface area contributed by atoms with Crippen LogP contribution in [0.3, 0.4) is 0 Å². The van der Waals surface area contributed by atoms with Gasteiger partial charge < -0.3 is 15.7 Å². The zero-order chi connectivity index (χ0) is 13.0. The minimum Gasteiger partial charge on any atom is -0.386 e. The maximum Gasteiger partial charge on any atom is 0.314 e. The number of halogens is 1. The van der Waals surface area contributed by atoms with Gasteiger partial charge in [0.05, 0.1) is 6.10 Å². The lowest BCUT2D eigenvalue weighted by atomic mass is 10.1. The Bertz CT molecular complexity index is 421. The van der Waals surface area contributed by atoms with Crippen LogP contribution < -0.4 is 10.6 Å². The maximum atomic E-state index is 13.3. The first-order chi connectivity index (χ1) is 8.66. The summed E-state index contributed by atoms with van der Waals surface area (Å²) < 4.78 is 13.3. The van der Waals surface area contributed by atoms with E-state index in [1.165, 1.54) is 12.1 Å². The van der Waals surface area contributed by atoms with Crippen LogP contribution in [0.15, 0.2) is 24.3 Å². The first kappa shape index (κ1) is 12.8. The molecule has 0 radical (unpaired) electrons. The molecule has 0 heterocycles. The molecule has 1 atom stereocenters. The molecule has 0 saturated heterocycles. The second-order valence-corrected chi connectivity index (χ2v) is 4.57. The minimum atomic E-state index is -1.03. The van der Waals surface area contributed by atoms with E-state index >= 15 is 0 Å². The smallest absolute Gasteiger partial charge is 0.314 e. The van der Waals surface area contributed by atoms with E-state index in [1.54, 1.807) is 12.1 Å². The molecule has 2 amide bonds. The highest BCUT2D eigenvalue weighted by Crippen LogP contribution is 2.27. The third kappa shape index (κ3) is 3.70. The Balaban J connectivity index is 1.75. The fourth-order valence-electron chi connectivity index (χ4n) is 1.67. The van der Waals surface area contributed by atoms with E-state index in [-0.39, 0.29) is 18.1 Å². The van der Waals surface area contributed by atoms with Crippen molar-refractivity contribution in [3.63, 3.8) is 0 Å².